The van der Waals surface area contributed by atoms with Crippen molar-refractivity contribution < 1.29 is 0 Å². The Hall–Kier alpha value is -0.670. The molecule has 0 amide bonds. The number of anilines is 1. The van der Waals surface area contributed by atoms with E-state index in [0.717, 1.165) is 17.0 Å². The van der Waals surface area contributed by atoms with Gasteiger partial charge in [0.1, 0.15) is 0 Å². The number of benzene rings is 1. The van der Waals surface area contributed by atoms with Crippen LogP contribution in [0.1, 0.15) is 38.8 Å². The Bertz CT molecular complexity index is 435. The first-order chi connectivity index (χ1) is 9.45. The molecular weight excluding hydrogens is 264 g/mol. The van der Waals surface area contributed by atoms with E-state index in [0.29, 0.717) is 6.04 Å². The molecular formula is C17H28N2S. The van der Waals surface area contributed by atoms with Crippen LogP contribution in [-0.4, -0.2) is 29.6 Å². The Morgan fingerprint density at radius 3 is 2.45 bits per heavy atom. The summed E-state index contributed by atoms with van der Waals surface area (Å²) in [7, 11) is 0. The Labute approximate surface area is 128 Å². The monoisotopic (exact) mass is 292 g/mol. The fourth-order valence-corrected chi connectivity index (χ4v) is 4.20. The second-order valence-electron chi connectivity index (χ2n) is 6.32. The van der Waals surface area contributed by atoms with E-state index >= 15 is 0 Å². The summed E-state index contributed by atoms with van der Waals surface area (Å²) >= 11 is 2.11. The van der Waals surface area contributed by atoms with Crippen molar-refractivity contribution in [2.24, 2.45) is 0 Å². The minimum absolute atomic E-state index is 0.538. The molecule has 3 heteroatoms. The third-order valence-corrected chi connectivity index (χ3v) is 4.96. The van der Waals surface area contributed by atoms with Gasteiger partial charge < -0.3 is 10.2 Å². The maximum Gasteiger partial charge on any atom is 0.0396 e. The molecule has 0 bridgehead atoms. The van der Waals surface area contributed by atoms with Gasteiger partial charge in [-0.25, -0.2) is 0 Å². The largest absolute Gasteiger partial charge is 0.369 e. The first-order valence-electron chi connectivity index (χ1n) is 7.69. The lowest BCUT2D eigenvalue weighted by molar-refractivity contribution is 0.588. The molecule has 20 heavy (non-hydrogen) atoms. The van der Waals surface area contributed by atoms with E-state index in [1.54, 1.807) is 0 Å². The molecule has 1 aromatic carbocycles. The minimum Gasteiger partial charge on any atom is -0.369 e. The van der Waals surface area contributed by atoms with Crippen LogP contribution in [0.15, 0.2) is 18.2 Å². The molecule has 0 radical (unpaired) electrons. The summed E-state index contributed by atoms with van der Waals surface area (Å²) in [5, 5.41) is 4.93. The van der Waals surface area contributed by atoms with Crippen LogP contribution in [0.4, 0.5) is 5.69 Å². The predicted octanol–water partition coefficient (Wildman–Crippen LogP) is 3.82. The predicted molar refractivity (Wildman–Crippen MR) is 91.9 cm³/mol. The highest BCUT2D eigenvalue weighted by atomic mass is 32.2. The van der Waals surface area contributed by atoms with E-state index < -0.39 is 0 Å². The molecule has 1 aliphatic heterocycles. The van der Waals surface area contributed by atoms with E-state index in [-0.39, 0.29) is 0 Å². The van der Waals surface area contributed by atoms with Gasteiger partial charge in [-0.05, 0) is 24.1 Å². The highest BCUT2D eigenvalue weighted by Gasteiger charge is 2.23. The van der Waals surface area contributed by atoms with Crippen LogP contribution in [0.25, 0.3) is 0 Å². The van der Waals surface area contributed by atoms with Gasteiger partial charge in [0.2, 0.25) is 0 Å². The molecule has 1 heterocycles. The van der Waals surface area contributed by atoms with Gasteiger partial charge in [0, 0.05) is 41.9 Å². The van der Waals surface area contributed by atoms with Crippen LogP contribution in [0.3, 0.4) is 0 Å². The second-order valence-corrected chi connectivity index (χ2v) is 8.20. The summed E-state index contributed by atoms with van der Waals surface area (Å²) in [5.41, 5.74) is 4.20. The Balaban J connectivity index is 2.09. The number of nitrogens with zero attached hydrogens (tertiary/aromatic N) is 1. The van der Waals surface area contributed by atoms with Gasteiger partial charge in [-0.2, -0.15) is 11.8 Å². The standard InChI is InChI=1S/C17H28N2S/c1-12(2)18-9-16-6-7-17(13(3)8-16)19-10-14(4)20-15(5)11-19/h6-8,12,14-15,18H,9-11H2,1-5H3. The summed E-state index contributed by atoms with van der Waals surface area (Å²) < 4.78 is 0. The number of nitrogens with one attached hydrogen (secondary N) is 1. The fraction of sp³-hybridized carbons (Fsp3) is 0.647. The van der Waals surface area contributed by atoms with Crippen LogP contribution in [0.5, 0.6) is 0 Å². The molecule has 1 N–H and O–H groups in total. The number of hydrogen-bond donors (Lipinski definition) is 1. The third kappa shape index (κ3) is 4.16. The topological polar surface area (TPSA) is 15.3 Å². The molecule has 112 valence electrons. The van der Waals surface area contributed by atoms with Gasteiger partial charge in [0.25, 0.3) is 0 Å². The average molecular weight is 292 g/mol. The van der Waals surface area contributed by atoms with E-state index in [4.69, 9.17) is 0 Å². The first-order valence-corrected chi connectivity index (χ1v) is 8.63. The summed E-state index contributed by atoms with van der Waals surface area (Å²) in [6, 6.07) is 7.45. The van der Waals surface area contributed by atoms with Gasteiger partial charge in [0.15, 0.2) is 0 Å². The maximum absolute atomic E-state index is 3.49. The number of rotatable bonds is 4. The molecule has 0 aliphatic carbocycles. The zero-order chi connectivity index (χ0) is 14.7. The van der Waals surface area contributed by atoms with E-state index in [1.165, 1.54) is 29.9 Å². The highest BCUT2D eigenvalue weighted by Crippen LogP contribution is 2.30. The molecule has 2 rings (SSSR count). The first kappa shape index (κ1) is 15.7. The van der Waals surface area contributed by atoms with Gasteiger partial charge in [-0.3, -0.25) is 0 Å². The van der Waals surface area contributed by atoms with Crippen molar-refractivity contribution in [3.63, 3.8) is 0 Å². The quantitative estimate of drug-likeness (QED) is 0.908. The second kappa shape index (κ2) is 6.86. The molecule has 1 aliphatic rings. The van der Waals surface area contributed by atoms with Crippen LogP contribution in [0, 0.1) is 6.92 Å². The molecule has 0 aromatic heterocycles. The summed E-state index contributed by atoms with van der Waals surface area (Å²) in [6.45, 7) is 14.6. The van der Waals surface area contributed by atoms with Crippen molar-refractivity contribution in [2.45, 2.75) is 57.7 Å². The van der Waals surface area contributed by atoms with E-state index in [9.17, 15) is 0 Å². The van der Waals surface area contributed by atoms with Crippen LogP contribution in [-0.2, 0) is 6.54 Å². The maximum atomic E-state index is 3.49. The molecule has 2 unspecified atom stereocenters. The van der Waals surface area contributed by atoms with Crippen molar-refractivity contribution >= 4 is 17.4 Å². The van der Waals surface area contributed by atoms with Crippen LogP contribution in [0.2, 0.25) is 0 Å². The van der Waals surface area contributed by atoms with Crippen LogP contribution < -0.4 is 10.2 Å². The molecule has 1 aromatic rings. The van der Waals surface area contributed by atoms with Gasteiger partial charge >= 0.3 is 0 Å². The van der Waals surface area contributed by atoms with E-state index in [2.05, 4.69) is 74.8 Å². The highest BCUT2D eigenvalue weighted by molar-refractivity contribution is 8.00. The Kier molecular flexibility index (Phi) is 5.39. The number of aryl methyl sites for hydroxylation is 1. The normalized spacial score (nSPS) is 23.4. The average Bonchev–Trinajstić information content (AvgIpc) is 2.35. The smallest absolute Gasteiger partial charge is 0.0396 e. The lowest BCUT2D eigenvalue weighted by Crippen LogP contribution is -2.40. The summed E-state index contributed by atoms with van der Waals surface area (Å²) in [4.78, 5) is 2.56. The zero-order valence-corrected chi connectivity index (χ0v) is 14.3. The zero-order valence-electron chi connectivity index (χ0n) is 13.4. The van der Waals surface area contributed by atoms with Gasteiger partial charge in [-0.15, -0.1) is 0 Å². The van der Waals surface area contributed by atoms with Crippen LogP contribution >= 0.6 is 11.8 Å². The lowest BCUT2D eigenvalue weighted by atomic mass is 10.1. The molecule has 0 spiro atoms. The Morgan fingerprint density at radius 1 is 1.25 bits per heavy atom. The van der Waals surface area contributed by atoms with Crippen molar-refractivity contribution in [2.75, 3.05) is 18.0 Å². The third-order valence-electron chi connectivity index (χ3n) is 3.74. The van der Waals surface area contributed by atoms with Gasteiger partial charge in [-0.1, -0.05) is 39.8 Å². The summed E-state index contributed by atoms with van der Waals surface area (Å²) in [5.74, 6) is 0. The minimum atomic E-state index is 0.538. The lowest BCUT2D eigenvalue weighted by Gasteiger charge is -2.37. The van der Waals surface area contributed by atoms with Gasteiger partial charge in [0.05, 0.1) is 0 Å². The summed E-state index contributed by atoms with van der Waals surface area (Å²) in [6.07, 6.45) is 0. The molecule has 0 saturated carbocycles. The van der Waals surface area contributed by atoms with Crippen molar-refractivity contribution in [3.8, 4) is 0 Å². The number of hydrogen-bond acceptors (Lipinski definition) is 3. The Morgan fingerprint density at radius 2 is 1.90 bits per heavy atom. The number of thioether (sulfide) groups is 1. The van der Waals surface area contributed by atoms with Crippen molar-refractivity contribution in [1.29, 1.82) is 0 Å². The molecule has 1 fully saturated rings. The fourth-order valence-electron chi connectivity index (χ4n) is 2.88. The SMILES string of the molecule is Cc1cc(CNC(C)C)ccc1N1CC(C)SC(C)C1. The van der Waals surface area contributed by atoms with Crippen molar-refractivity contribution in [1.82, 2.24) is 5.32 Å². The molecule has 2 atom stereocenters. The van der Waals surface area contributed by atoms with E-state index in [1.807, 2.05) is 0 Å². The molecule has 1 saturated heterocycles. The van der Waals surface area contributed by atoms with Crippen molar-refractivity contribution in [3.05, 3.63) is 29.3 Å². The molecule has 2 nitrogen and oxygen atoms in total.